The zero-order valence-electron chi connectivity index (χ0n) is 13.5. The zero-order valence-corrected chi connectivity index (χ0v) is 15.1. The van der Waals surface area contributed by atoms with Gasteiger partial charge in [0.2, 0.25) is 5.78 Å². The SMILES string of the molecule is CCC(=O)C(=O)N1c2ccc(Br)cc2CCC1C(C)C(=O)OC. The fourth-order valence-corrected chi connectivity index (χ4v) is 3.37. The van der Waals surface area contributed by atoms with E-state index in [1.165, 1.54) is 12.0 Å². The van der Waals surface area contributed by atoms with Crippen LogP contribution in [0, 0.1) is 5.92 Å². The average molecular weight is 382 g/mol. The highest BCUT2D eigenvalue weighted by atomic mass is 79.9. The standard InChI is InChI=1S/C17H20BrNO4/c1-4-15(20)16(21)19-13(10(2)17(22)23-3)7-5-11-9-12(18)6-8-14(11)19/h6,8-10,13H,4-5,7H2,1-3H3. The summed E-state index contributed by atoms with van der Waals surface area (Å²) in [7, 11) is 1.33. The van der Waals surface area contributed by atoms with E-state index >= 15 is 0 Å². The molecule has 0 saturated carbocycles. The van der Waals surface area contributed by atoms with Gasteiger partial charge in [-0.15, -0.1) is 0 Å². The summed E-state index contributed by atoms with van der Waals surface area (Å²) in [4.78, 5) is 38.0. The third-order valence-electron chi connectivity index (χ3n) is 4.27. The predicted octanol–water partition coefficient (Wildman–Crippen LogP) is 2.89. The molecule has 5 nitrogen and oxygen atoms in total. The quantitative estimate of drug-likeness (QED) is 0.594. The number of ether oxygens (including phenoxy) is 1. The van der Waals surface area contributed by atoms with Gasteiger partial charge < -0.3 is 9.64 Å². The van der Waals surface area contributed by atoms with Crippen LogP contribution in [-0.2, 0) is 25.5 Å². The minimum absolute atomic E-state index is 0.139. The lowest BCUT2D eigenvalue weighted by molar-refractivity contribution is -0.146. The first kappa shape index (κ1) is 17.7. The number of fused-ring (bicyclic) bond motifs is 1. The Morgan fingerprint density at radius 1 is 1.39 bits per heavy atom. The number of anilines is 1. The summed E-state index contributed by atoms with van der Waals surface area (Å²) < 4.78 is 5.74. The molecular weight excluding hydrogens is 362 g/mol. The van der Waals surface area contributed by atoms with Crippen molar-refractivity contribution in [1.82, 2.24) is 0 Å². The number of methoxy groups -OCH3 is 1. The van der Waals surface area contributed by atoms with Crippen molar-refractivity contribution >= 4 is 39.3 Å². The van der Waals surface area contributed by atoms with Crippen molar-refractivity contribution in [2.75, 3.05) is 12.0 Å². The summed E-state index contributed by atoms with van der Waals surface area (Å²) in [5.74, 6) is -1.89. The number of halogens is 1. The van der Waals surface area contributed by atoms with Crippen LogP contribution in [0.3, 0.4) is 0 Å². The molecule has 2 unspecified atom stereocenters. The molecule has 1 aromatic rings. The first-order valence-corrected chi connectivity index (χ1v) is 8.42. The molecule has 0 N–H and O–H groups in total. The maximum absolute atomic E-state index is 12.6. The first-order chi connectivity index (χ1) is 10.9. The molecule has 1 heterocycles. The molecule has 1 amide bonds. The van der Waals surface area contributed by atoms with E-state index < -0.39 is 17.6 Å². The van der Waals surface area contributed by atoms with E-state index in [0.717, 1.165) is 16.5 Å². The molecule has 0 aromatic heterocycles. The molecular formula is C17H20BrNO4. The number of rotatable bonds is 4. The summed E-state index contributed by atoms with van der Waals surface area (Å²) in [6.07, 6.45) is 1.49. The topological polar surface area (TPSA) is 63.7 Å². The monoisotopic (exact) mass is 381 g/mol. The molecule has 1 aromatic carbocycles. The van der Waals surface area contributed by atoms with Crippen molar-refractivity contribution in [3.8, 4) is 0 Å². The molecule has 2 rings (SSSR count). The van der Waals surface area contributed by atoms with Gasteiger partial charge in [-0.1, -0.05) is 22.9 Å². The van der Waals surface area contributed by atoms with Gasteiger partial charge >= 0.3 is 5.97 Å². The molecule has 0 spiro atoms. The van der Waals surface area contributed by atoms with Gasteiger partial charge in [-0.25, -0.2) is 0 Å². The van der Waals surface area contributed by atoms with Crippen molar-refractivity contribution in [1.29, 1.82) is 0 Å². The maximum atomic E-state index is 12.6. The summed E-state index contributed by atoms with van der Waals surface area (Å²) in [6, 6.07) is 5.22. The number of hydrogen-bond acceptors (Lipinski definition) is 4. The van der Waals surface area contributed by atoms with E-state index in [9.17, 15) is 14.4 Å². The molecule has 0 bridgehead atoms. The lowest BCUT2D eigenvalue weighted by Gasteiger charge is -2.39. The molecule has 1 aliphatic rings. The number of Topliss-reactive ketones (excluding diaryl/α,β-unsaturated/α-hetero) is 1. The lowest BCUT2D eigenvalue weighted by Crippen LogP contribution is -2.51. The average Bonchev–Trinajstić information content (AvgIpc) is 2.57. The number of carbonyl (C=O) groups is 3. The van der Waals surface area contributed by atoms with Crippen molar-refractivity contribution in [3.05, 3.63) is 28.2 Å². The second-order valence-electron chi connectivity index (χ2n) is 5.64. The number of amides is 1. The first-order valence-electron chi connectivity index (χ1n) is 7.63. The van der Waals surface area contributed by atoms with Crippen LogP contribution in [-0.4, -0.2) is 30.8 Å². The van der Waals surface area contributed by atoms with Crippen molar-refractivity contribution in [2.45, 2.75) is 39.2 Å². The Hall–Kier alpha value is -1.69. The third-order valence-corrected chi connectivity index (χ3v) is 4.76. The Labute approximate surface area is 144 Å². The second kappa shape index (κ2) is 7.25. The molecule has 2 atom stereocenters. The van der Waals surface area contributed by atoms with Crippen LogP contribution < -0.4 is 4.90 Å². The van der Waals surface area contributed by atoms with E-state index in [0.29, 0.717) is 12.1 Å². The van der Waals surface area contributed by atoms with Gasteiger partial charge in [0, 0.05) is 16.6 Å². The van der Waals surface area contributed by atoms with Crippen LogP contribution in [0.5, 0.6) is 0 Å². The minimum atomic E-state index is -0.559. The van der Waals surface area contributed by atoms with Crippen LogP contribution in [0.25, 0.3) is 0 Å². The van der Waals surface area contributed by atoms with E-state index in [2.05, 4.69) is 15.9 Å². The number of ketones is 1. The Balaban J connectivity index is 2.48. The fraction of sp³-hybridized carbons (Fsp3) is 0.471. The summed E-state index contributed by atoms with van der Waals surface area (Å²) >= 11 is 3.42. The van der Waals surface area contributed by atoms with Crippen LogP contribution in [0.2, 0.25) is 0 Å². The van der Waals surface area contributed by atoms with Gasteiger partial charge in [0.25, 0.3) is 5.91 Å². The molecule has 0 aliphatic carbocycles. The number of carbonyl (C=O) groups excluding carboxylic acids is 3. The number of nitrogens with zero attached hydrogens (tertiary/aromatic N) is 1. The fourth-order valence-electron chi connectivity index (χ4n) is 2.96. The van der Waals surface area contributed by atoms with Crippen LogP contribution >= 0.6 is 15.9 Å². The van der Waals surface area contributed by atoms with E-state index in [-0.39, 0.29) is 18.4 Å². The zero-order chi connectivity index (χ0) is 17.1. The van der Waals surface area contributed by atoms with E-state index in [1.54, 1.807) is 13.8 Å². The van der Waals surface area contributed by atoms with Gasteiger partial charge in [0.05, 0.1) is 19.1 Å². The molecule has 0 saturated heterocycles. The van der Waals surface area contributed by atoms with Crippen molar-refractivity contribution < 1.29 is 19.1 Å². The minimum Gasteiger partial charge on any atom is -0.469 e. The molecule has 6 heteroatoms. The Morgan fingerprint density at radius 2 is 2.09 bits per heavy atom. The summed E-state index contributed by atoms with van der Waals surface area (Å²) in [5, 5.41) is 0. The Bertz CT molecular complexity index is 643. The molecule has 1 aliphatic heterocycles. The Kier molecular flexibility index (Phi) is 5.57. The smallest absolute Gasteiger partial charge is 0.310 e. The highest BCUT2D eigenvalue weighted by Crippen LogP contribution is 2.36. The van der Waals surface area contributed by atoms with Crippen LogP contribution in [0.4, 0.5) is 5.69 Å². The highest BCUT2D eigenvalue weighted by Gasteiger charge is 2.39. The highest BCUT2D eigenvalue weighted by molar-refractivity contribution is 9.10. The maximum Gasteiger partial charge on any atom is 0.310 e. The normalized spacial score (nSPS) is 18.1. The lowest BCUT2D eigenvalue weighted by atomic mass is 9.88. The number of hydrogen-bond donors (Lipinski definition) is 0. The second-order valence-corrected chi connectivity index (χ2v) is 6.56. The van der Waals surface area contributed by atoms with Crippen LogP contribution in [0.1, 0.15) is 32.3 Å². The van der Waals surface area contributed by atoms with Gasteiger partial charge in [-0.05, 0) is 43.5 Å². The van der Waals surface area contributed by atoms with E-state index in [4.69, 9.17) is 4.74 Å². The van der Waals surface area contributed by atoms with Gasteiger partial charge in [0.15, 0.2) is 0 Å². The molecule has 0 radical (unpaired) electrons. The summed E-state index contributed by atoms with van der Waals surface area (Å²) in [5.41, 5.74) is 1.69. The Morgan fingerprint density at radius 3 is 2.70 bits per heavy atom. The summed E-state index contributed by atoms with van der Waals surface area (Å²) in [6.45, 7) is 3.39. The van der Waals surface area contributed by atoms with Crippen LogP contribution in [0.15, 0.2) is 22.7 Å². The van der Waals surface area contributed by atoms with E-state index in [1.807, 2.05) is 18.2 Å². The van der Waals surface area contributed by atoms with Gasteiger partial charge in [-0.2, -0.15) is 0 Å². The van der Waals surface area contributed by atoms with Gasteiger partial charge in [0.1, 0.15) is 0 Å². The van der Waals surface area contributed by atoms with Crippen molar-refractivity contribution in [2.24, 2.45) is 5.92 Å². The number of esters is 1. The van der Waals surface area contributed by atoms with Crippen molar-refractivity contribution in [3.63, 3.8) is 0 Å². The third kappa shape index (κ3) is 3.47. The largest absolute Gasteiger partial charge is 0.469 e. The number of benzene rings is 1. The predicted molar refractivity (Wildman–Crippen MR) is 90.2 cm³/mol. The molecule has 124 valence electrons. The number of aryl methyl sites for hydroxylation is 1. The van der Waals surface area contributed by atoms with Gasteiger partial charge in [-0.3, -0.25) is 14.4 Å². The molecule has 23 heavy (non-hydrogen) atoms. The molecule has 0 fully saturated rings.